The van der Waals surface area contributed by atoms with Gasteiger partial charge in [-0.1, -0.05) is 0 Å². The topological polar surface area (TPSA) is 84.3 Å². The Hall–Kier alpha value is -0.760. The van der Waals surface area contributed by atoms with Gasteiger partial charge in [-0.05, 0) is 24.4 Å². The molecule has 1 saturated carbocycles. The smallest absolute Gasteiger partial charge is 0.224 e. The third kappa shape index (κ3) is 2.81. The molecule has 3 rings (SSSR count). The van der Waals surface area contributed by atoms with E-state index < -0.39 is 10.8 Å². The predicted molar refractivity (Wildman–Crippen MR) is 75.5 cm³/mol. The summed E-state index contributed by atoms with van der Waals surface area (Å²) in [6, 6.07) is 0. The third-order valence-corrected chi connectivity index (χ3v) is 5.14. The fourth-order valence-corrected chi connectivity index (χ4v) is 3.78. The van der Waals surface area contributed by atoms with E-state index in [-0.39, 0.29) is 17.4 Å². The van der Waals surface area contributed by atoms with Crippen molar-refractivity contribution in [2.45, 2.75) is 29.7 Å². The first kappa shape index (κ1) is 14.2. The van der Waals surface area contributed by atoms with Gasteiger partial charge >= 0.3 is 0 Å². The molecule has 2 aliphatic rings. The van der Waals surface area contributed by atoms with Crippen LogP contribution in [0.1, 0.15) is 18.5 Å². The number of hydrogen-bond acceptors (Lipinski definition) is 6. The van der Waals surface area contributed by atoms with E-state index >= 15 is 0 Å². The summed E-state index contributed by atoms with van der Waals surface area (Å²) < 4.78 is 17.4. The second kappa shape index (κ2) is 5.55. The minimum absolute atomic E-state index is 0.00876. The standard InChI is InChI=1S/C12H16ClN3O3S/c13-11-14-8-1-6-20(18)9(8)10(15-11)16-12(2-3-12)7-19-5-4-17/h17H,1-7H2,(H,14,15,16)/t20-/m0/s1. The number of rotatable bonds is 6. The Morgan fingerprint density at radius 3 is 2.95 bits per heavy atom. The zero-order valence-corrected chi connectivity index (χ0v) is 12.5. The van der Waals surface area contributed by atoms with Crippen LogP contribution < -0.4 is 5.32 Å². The fraction of sp³-hybridized carbons (Fsp3) is 0.667. The van der Waals surface area contributed by atoms with Crippen LogP contribution >= 0.6 is 11.6 Å². The van der Waals surface area contributed by atoms with Crippen molar-refractivity contribution >= 4 is 28.2 Å². The first-order chi connectivity index (χ1) is 9.63. The number of aromatic nitrogens is 2. The summed E-state index contributed by atoms with van der Waals surface area (Å²) in [6.07, 6.45) is 2.59. The highest BCUT2D eigenvalue weighted by atomic mass is 35.5. The van der Waals surface area contributed by atoms with E-state index in [1.54, 1.807) is 0 Å². The maximum atomic E-state index is 12.0. The molecule has 0 saturated heterocycles. The lowest BCUT2D eigenvalue weighted by Gasteiger charge is -2.19. The summed E-state index contributed by atoms with van der Waals surface area (Å²) in [7, 11) is -1.06. The number of anilines is 1. The van der Waals surface area contributed by atoms with E-state index in [9.17, 15) is 4.21 Å². The highest BCUT2D eigenvalue weighted by Gasteiger charge is 2.44. The Kier molecular flexibility index (Phi) is 3.94. The molecule has 0 aromatic carbocycles. The Morgan fingerprint density at radius 1 is 1.45 bits per heavy atom. The van der Waals surface area contributed by atoms with E-state index in [1.165, 1.54) is 0 Å². The maximum absolute atomic E-state index is 12.0. The summed E-state index contributed by atoms with van der Waals surface area (Å²) >= 11 is 5.93. The second-order valence-electron chi connectivity index (χ2n) is 5.10. The lowest BCUT2D eigenvalue weighted by atomic mass is 10.2. The van der Waals surface area contributed by atoms with Crippen LogP contribution in [0.3, 0.4) is 0 Å². The van der Waals surface area contributed by atoms with Gasteiger partial charge in [0.25, 0.3) is 0 Å². The van der Waals surface area contributed by atoms with Gasteiger partial charge in [0, 0.05) is 12.2 Å². The molecule has 8 heteroatoms. The van der Waals surface area contributed by atoms with E-state index in [0.717, 1.165) is 18.5 Å². The molecule has 1 aromatic heterocycles. The van der Waals surface area contributed by atoms with E-state index in [1.807, 2.05) is 0 Å². The molecular formula is C12H16ClN3O3S. The molecule has 0 radical (unpaired) electrons. The molecule has 20 heavy (non-hydrogen) atoms. The number of aryl methyl sites for hydroxylation is 1. The van der Waals surface area contributed by atoms with Crippen LogP contribution in [0.4, 0.5) is 5.82 Å². The average Bonchev–Trinajstić information content (AvgIpc) is 3.06. The normalized spacial score (nSPS) is 22.6. The summed E-state index contributed by atoms with van der Waals surface area (Å²) in [5.74, 6) is 1.15. The van der Waals surface area contributed by atoms with Crippen molar-refractivity contribution in [3.8, 4) is 0 Å². The molecule has 0 bridgehead atoms. The molecular weight excluding hydrogens is 302 g/mol. The Morgan fingerprint density at radius 2 is 2.25 bits per heavy atom. The zero-order chi connectivity index (χ0) is 14.2. The molecule has 0 spiro atoms. The number of aliphatic hydroxyl groups is 1. The molecule has 1 aromatic rings. The van der Waals surface area contributed by atoms with Gasteiger partial charge in [0.2, 0.25) is 5.28 Å². The van der Waals surface area contributed by atoms with Crippen molar-refractivity contribution in [2.24, 2.45) is 0 Å². The van der Waals surface area contributed by atoms with Gasteiger partial charge in [0.15, 0.2) is 0 Å². The van der Waals surface area contributed by atoms with Crippen molar-refractivity contribution < 1.29 is 14.1 Å². The first-order valence-electron chi connectivity index (χ1n) is 6.55. The number of nitrogens with one attached hydrogen (secondary N) is 1. The molecule has 0 unspecified atom stereocenters. The number of hydrogen-bond donors (Lipinski definition) is 2. The molecule has 1 fully saturated rings. The molecule has 2 N–H and O–H groups in total. The SMILES string of the molecule is O=[S@]1CCc2nc(Cl)nc(NC3(COCCO)CC3)c21. The van der Waals surface area contributed by atoms with Gasteiger partial charge in [-0.15, -0.1) is 0 Å². The quantitative estimate of drug-likeness (QED) is 0.595. The third-order valence-electron chi connectivity index (χ3n) is 3.51. The van der Waals surface area contributed by atoms with Crippen LogP contribution in [0.5, 0.6) is 0 Å². The fourth-order valence-electron chi connectivity index (χ4n) is 2.29. The Labute approximate surface area is 124 Å². The van der Waals surface area contributed by atoms with Crippen LogP contribution in [0.2, 0.25) is 5.28 Å². The lowest BCUT2D eigenvalue weighted by molar-refractivity contribution is 0.0822. The van der Waals surface area contributed by atoms with E-state index in [2.05, 4.69) is 15.3 Å². The highest BCUT2D eigenvalue weighted by molar-refractivity contribution is 7.85. The minimum Gasteiger partial charge on any atom is -0.394 e. The molecule has 2 heterocycles. The van der Waals surface area contributed by atoms with Gasteiger partial charge in [-0.3, -0.25) is 4.21 Å². The van der Waals surface area contributed by atoms with Crippen molar-refractivity contribution in [1.82, 2.24) is 9.97 Å². The molecule has 1 aliphatic carbocycles. The Balaban J connectivity index is 1.79. The Bertz CT molecular complexity index is 551. The van der Waals surface area contributed by atoms with Gasteiger partial charge in [0.1, 0.15) is 10.7 Å². The summed E-state index contributed by atoms with van der Waals surface area (Å²) in [6.45, 7) is 0.823. The van der Waals surface area contributed by atoms with Crippen molar-refractivity contribution in [3.63, 3.8) is 0 Å². The van der Waals surface area contributed by atoms with Crippen LogP contribution in [-0.4, -0.2) is 50.4 Å². The molecule has 1 aliphatic heterocycles. The second-order valence-corrected chi connectivity index (χ2v) is 6.94. The number of fused-ring (bicyclic) bond motifs is 1. The van der Waals surface area contributed by atoms with Gasteiger partial charge < -0.3 is 15.2 Å². The number of aliphatic hydroxyl groups excluding tert-OH is 1. The number of ether oxygens (including phenoxy) is 1. The van der Waals surface area contributed by atoms with Crippen molar-refractivity contribution in [1.29, 1.82) is 0 Å². The van der Waals surface area contributed by atoms with Crippen molar-refractivity contribution in [3.05, 3.63) is 11.0 Å². The molecule has 110 valence electrons. The molecule has 1 atom stereocenters. The highest BCUT2D eigenvalue weighted by Crippen LogP contribution is 2.41. The molecule has 6 nitrogen and oxygen atoms in total. The van der Waals surface area contributed by atoms with Crippen molar-refractivity contribution in [2.75, 3.05) is 30.9 Å². The van der Waals surface area contributed by atoms with E-state index in [4.69, 9.17) is 21.4 Å². The lowest BCUT2D eigenvalue weighted by Crippen LogP contribution is -2.29. The summed E-state index contributed by atoms with van der Waals surface area (Å²) in [4.78, 5) is 9.02. The zero-order valence-electron chi connectivity index (χ0n) is 10.9. The first-order valence-corrected chi connectivity index (χ1v) is 8.25. The largest absolute Gasteiger partial charge is 0.394 e. The maximum Gasteiger partial charge on any atom is 0.224 e. The predicted octanol–water partition coefficient (Wildman–Crippen LogP) is 0.747. The van der Waals surface area contributed by atoms with Gasteiger partial charge in [0.05, 0.1) is 41.9 Å². The number of nitrogens with zero attached hydrogens (tertiary/aromatic N) is 2. The van der Waals surface area contributed by atoms with E-state index in [0.29, 0.717) is 36.1 Å². The average molecular weight is 318 g/mol. The van der Waals surface area contributed by atoms with Crippen LogP contribution in [0.15, 0.2) is 4.90 Å². The number of halogens is 1. The minimum atomic E-state index is -1.06. The van der Waals surface area contributed by atoms with Crippen LogP contribution in [0.25, 0.3) is 0 Å². The van der Waals surface area contributed by atoms with Crippen LogP contribution in [0, 0.1) is 0 Å². The van der Waals surface area contributed by atoms with Gasteiger partial charge in [-0.25, -0.2) is 4.98 Å². The van der Waals surface area contributed by atoms with Gasteiger partial charge in [-0.2, -0.15) is 4.98 Å². The summed E-state index contributed by atoms with van der Waals surface area (Å²) in [5, 5.41) is 12.3. The summed E-state index contributed by atoms with van der Waals surface area (Å²) in [5.41, 5.74) is 0.603. The monoisotopic (exact) mass is 317 g/mol. The van der Waals surface area contributed by atoms with Crippen LogP contribution in [-0.2, 0) is 22.0 Å². The molecule has 0 amide bonds.